The van der Waals surface area contributed by atoms with Crippen molar-refractivity contribution < 1.29 is 4.39 Å². The topological polar surface area (TPSA) is 0 Å². The van der Waals surface area contributed by atoms with Crippen LogP contribution in [-0.4, -0.2) is 0 Å². The van der Waals surface area contributed by atoms with Crippen LogP contribution in [0.5, 0.6) is 0 Å². The lowest BCUT2D eigenvalue weighted by atomic mass is 10.1. The minimum absolute atomic E-state index is 0.571. The third-order valence-corrected chi connectivity index (χ3v) is 2.07. The van der Waals surface area contributed by atoms with Gasteiger partial charge in [-0.15, -0.1) is 0 Å². The molecule has 64 valence electrons. The molecule has 0 nitrogen and oxygen atoms in total. The molecule has 0 N–H and O–H groups in total. The van der Waals surface area contributed by atoms with Crippen molar-refractivity contribution in [2.24, 2.45) is 0 Å². The van der Waals surface area contributed by atoms with E-state index >= 15 is 0 Å². The maximum Gasteiger partial charge on any atom is 0.0873 e. The molecule has 0 bridgehead atoms. The first-order chi connectivity index (χ1) is 6.42. The van der Waals surface area contributed by atoms with Crippen LogP contribution in [0.15, 0.2) is 48.8 Å². The van der Waals surface area contributed by atoms with Gasteiger partial charge in [-0.1, -0.05) is 42.5 Å². The van der Waals surface area contributed by atoms with Crippen LogP contribution in [0.1, 0.15) is 5.56 Å². The molecule has 2 rings (SSSR count). The molecule has 0 aromatic heterocycles. The first kappa shape index (κ1) is 7.99. The molecule has 0 aliphatic carbocycles. The number of hydrogen-bond acceptors (Lipinski definition) is 0. The average molecular weight is 172 g/mol. The fraction of sp³-hybridized carbons (Fsp3) is 0. The fourth-order valence-electron chi connectivity index (χ4n) is 1.46. The zero-order valence-corrected chi connectivity index (χ0v) is 7.07. The van der Waals surface area contributed by atoms with Crippen molar-refractivity contribution in [1.29, 1.82) is 0 Å². The molecular formula is C12H9F. The summed E-state index contributed by atoms with van der Waals surface area (Å²) in [5, 5.41) is 2.22. The normalized spacial score (nSPS) is 11.2. The smallest absolute Gasteiger partial charge is 0.0873 e. The van der Waals surface area contributed by atoms with Crippen LogP contribution >= 0.6 is 0 Å². The Hall–Kier alpha value is -1.63. The van der Waals surface area contributed by atoms with Crippen LogP contribution in [0.4, 0.5) is 4.39 Å². The molecule has 0 spiro atoms. The van der Waals surface area contributed by atoms with Crippen LogP contribution in [0.2, 0.25) is 0 Å². The van der Waals surface area contributed by atoms with Crippen LogP contribution in [0, 0.1) is 0 Å². The highest BCUT2D eigenvalue weighted by molar-refractivity contribution is 5.90. The molecule has 0 atom stereocenters. The van der Waals surface area contributed by atoms with Gasteiger partial charge in [0.2, 0.25) is 0 Å². The predicted octanol–water partition coefficient (Wildman–Crippen LogP) is 3.78. The van der Waals surface area contributed by atoms with Gasteiger partial charge in [0.05, 0.1) is 6.33 Å². The summed E-state index contributed by atoms with van der Waals surface area (Å²) in [6.45, 7) is 0. The van der Waals surface area contributed by atoms with E-state index in [-0.39, 0.29) is 0 Å². The Balaban J connectivity index is 2.75. The van der Waals surface area contributed by atoms with Gasteiger partial charge in [-0.3, -0.25) is 0 Å². The van der Waals surface area contributed by atoms with Crippen LogP contribution < -0.4 is 0 Å². The summed E-state index contributed by atoms with van der Waals surface area (Å²) in [7, 11) is 0. The molecule has 0 saturated carbocycles. The highest BCUT2D eigenvalue weighted by atomic mass is 19.1. The Bertz CT molecular complexity index is 438. The molecule has 0 unspecified atom stereocenters. The number of fused-ring (bicyclic) bond motifs is 1. The van der Waals surface area contributed by atoms with E-state index in [0.29, 0.717) is 6.33 Å². The summed E-state index contributed by atoms with van der Waals surface area (Å²) in [4.78, 5) is 0. The largest absolute Gasteiger partial charge is 0.216 e. The van der Waals surface area contributed by atoms with Crippen molar-refractivity contribution in [2.45, 2.75) is 0 Å². The van der Waals surface area contributed by atoms with Crippen molar-refractivity contribution >= 4 is 16.8 Å². The monoisotopic (exact) mass is 172 g/mol. The van der Waals surface area contributed by atoms with Gasteiger partial charge in [0.15, 0.2) is 0 Å². The van der Waals surface area contributed by atoms with Crippen molar-refractivity contribution in [2.75, 3.05) is 0 Å². The van der Waals surface area contributed by atoms with Crippen LogP contribution in [-0.2, 0) is 0 Å². The summed E-state index contributed by atoms with van der Waals surface area (Å²) in [5.74, 6) is 0. The van der Waals surface area contributed by atoms with Gasteiger partial charge in [-0.2, -0.15) is 0 Å². The molecule has 13 heavy (non-hydrogen) atoms. The van der Waals surface area contributed by atoms with E-state index < -0.39 is 0 Å². The van der Waals surface area contributed by atoms with E-state index in [1.807, 2.05) is 42.5 Å². The van der Waals surface area contributed by atoms with Crippen LogP contribution in [0.3, 0.4) is 0 Å². The molecule has 2 aromatic rings. The average Bonchev–Trinajstić information content (AvgIpc) is 2.19. The molecular weight excluding hydrogens is 163 g/mol. The lowest BCUT2D eigenvalue weighted by Gasteiger charge is -2.00. The van der Waals surface area contributed by atoms with E-state index in [2.05, 4.69) is 0 Å². The first-order valence-electron chi connectivity index (χ1n) is 4.16. The summed E-state index contributed by atoms with van der Waals surface area (Å²) < 4.78 is 12.0. The third kappa shape index (κ3) is 1.45. The summed E-state index contributed by atoms with van der Waals surface area (Å²) in [5.41, 5.74) is 0.917. The Morgan fingerprint density at radius 1 is 0.923 bits per heavy atom. The molecule has 0 fully saturated rings. The van der Waals surface area contributed by atoms with Crippen molar-refractivity contribution in [3.8, 4) is 0 Å². The van der Waals surface area contributed by atoms with E-state index in [1.165, 1.54) is 6.08 Å². The van der Waals surface area contributed by atoms with Crippen molar-refractivity contribution in [3.63, 3.8) is 0 Å². The van der Waals surface area contributed by atoms with Gasteiger partial charge in [-0.25, -0.2) is 4.39 Å². The van der Waals surface area contributed by atoms with E-state index in [4.69, 9.17) is 0 Å². The standard InChI is InChI=1S/C12H9F/c13-9-8-11-6-3-5-10-4-1-2-7-12(10)11/h1-9H/b9-8-. The molecule has 0 heterocycles. The van der Waals surface area contributed by atoms with E-state index in [1.54, 1.807) is 0 Å². The highest BCUT2D eigenvalue weighted by Crippen LogP contribution is 2.19. The molecule has 0 aliphatic heterocycles. The van der Waals surface area contributed by atoms with Gasteiger partial charge in [0.1, 0.15) is 0 Å². The number of hydrogen-bond donors (Lipinski definition) is 0. The molecule has 1 heteroatoms. The number of halogens is 1. The quantitative estimate of drug-likeness (QED) is 0.614. The van der Waals surface area contributed by atoms with E-state index in [9.17, 15) is 4.39 Å². The minimum atomic E-state index is 0.571. The molecule has 0 amide bonds. The minimum Gasteiger partial charge on any atom is -0.216 e. The second-order valence-corrected chi connectivity index (χ2v) is 2.86. The maximum atomic E-state index is 12.0. The Morgan fingerprint density at radius 3 is 2.54 bits per heavy atom. The van der Waals surface area contributed by atoms with E-state index in [0.717, 1.165) is 16.3 Å². The number of benzene rings is 2. The summed E-state index contributed by atoms with van der Waals surface area (Å²) >= 11 is 0. The zero-order valence-electron chi connectivity index (χ0n) is 7.07. The lowest BCUT2D eigenvalue weighted by Crippen LogP contribution is -1.76. The Kier molecular flexibility index (Phi) is 2.09. The van der Waals surface area contributed by atoms with Gasteiger partial charge < -0.3 is 0 Å². The predicted molar refractivity (Wildman–Crippen MR) is 54.1 cm³/mol. The van der Waals surface area contributed by atoms with Crippen molar-refractivity contribution in [3.05, 3.63) is 54.4 Å². The van der Waals surface area contributed by atoms with Crippen molar-refractivity contribution in [1.82, 2.24) is 0 Å². The number of rotatable bonds is 1. The highest BCUT2D eigenvalue weighted by Gasteiger charge is 1.94. The maximum absolute atomic E-state index is 12.0. The second-order valence-electron chi connectivity index (χ2n) is 2.86. The summed E-state index contributed by atoms with van der Waals surface area (Å²) in [6.07, 6.45) is 2.05. The van der Waals surface area contributed by atoms with Gasteiger partial charge >= 0.3 is 0 Å². The fourth-order valence-corrected chi connectivity index (χ4v) is 1.46. The van der Waals surface area contributed by atoms with Gasteiger partial charge in [0, 0.05) is 0 Å². The van der Waals surface area contributed by atoms with Gasteiger partial charge in [-0.05, 0) is 22.4 Å². The van der Waals surface area contributed by atoms with Crippen LogP contribution in [0.25, 0.3) is 16.8 Å². The lowest BCUT2D eigenvalue weighted by molar-refractivity contribution is 0.727. The molecule has 2 aromatic carbocycles. The summed E-state index contributed by atoms with van der Waals surface area (Å²) in [6, 6.07) is 13.8. The Morgan fingerprint density at radius 2 is 1.69 bits per heavy atom. The third-order valence-electron chi connectivity index (χ3n) is 2.07. The molecule has 0 aliphatic rings. The molecule has 0 saturated heterocycles. The molecule has 0 radical (unpaired) electrons. The van der Waals surface area contributed by atoms with Gasteiger partial charge in [0.25, 0.3) is 0 Å². The second kappa shape index (κ2) is 3.40. The first-order valence-corrected chi connectivity index (χ1v) is 4.16. The zero-order chi connectivity index (χ0) is 9.10. The Labute approximate surface area is 76.3 Å². The SMILES string of the molecule is F/C=C\c1cccc2ccccc12.